The third-order valence-corrected chi connectivity index (χ3v) is 3.71. The molecule has 0 bridgehead atoms. The summed E-state index contributed by atoms with van der Waals surface area (Å²) in [6.07, 6.45) is 4.27. The lowest BCUT2D eigenvalue weighted by molar-refractivity contribution is 0.0698. The minimum Gasteiger partial charge on any atom is -0.478 e. The van der Waals surface area contributed by atoms with Gasteiger partial charge in [-0.25, -0.2) is 4.79 Å². The fourth-order valence-corrected chi connectivity index (χ4v) is 2.36. The number of anilines is 1. The Kier molecular flexibility index (Phi) is 4.84. The highest BCUT2D eigenvalue weighted by atomic mass is 16.4. The molecular weight excluding hydrogens is 318 g/mol. The van der Waals surface area contributed by atoms with E-state index in [0.29, 0.717) is 11.5 Å². The summed E-state index contributed by atoms with van der Waals surface area (Å²) < 4.78 is 1.61. The number of hydrogen-bond donors (Lipinski definition) is 2. The summed E-state index contributed by atoms with van der Waals surface area (Å²) in [5, 5.41) is 23.8. The van der Waals surface area contributed by atoms with Gasteiger partial charge in [-0.3, -0.25) is 0 Å². The molecule has 0 spiro atoms. The van der Waals surface area contributed by atoms with Crippen molar-refractivity contribution in [3.8, 4) is 5.69 Å². The van der Waals surface area contributed by atoms with Crippen molar-refractivity contribution >= 4 is 17.7 Å². The Bertz CT molecular complexity index is 900. The Labute approximate surface area is 144 Å². The van der Waals surface area contributed by atoms with E-state index < -0.39 is 5.97 Å². The molecule has 0 saturated heterocycles. The minimum absolute atomic E-state index is 0.196. The molecule has 0 aliphatic carbocycles. The van der Waals surface area contributed by atoms with Gasteiger partial charge in [-0.05, 0) is 46.7 Å². The molecule has 2 N–H and O–H groups in total. The van der Waals surface area contributed by atoms with Crippen LogP contribution in [-0.2, 0) is 6.42 Å². The number of carbonyl (C=O) groups is 1. The van der Waals surface area contributed by atoms with Crippen molar-refractivity contribution < 1.29 is 9.90 Å². The highest BCUT2D eigenvalue weighted by Gasteiger charge is 2.08. The molecule has 0 saturated carbocycles. The maximum Gasteiger partial charge on any atom is 0.337 e. The predicted octanol–water partition coefficient (Wildman–Crippen LogP) is 3.01. The lowest BCUT2D eigenvalue weighted by Crippen LogP contribution is -2.02. The van der Waals surface area contributed by atoms with Crippen LogP contribution >= 0.6 is 0 Å². The number of para-hydroxylation sites is 1. The van der Waals surface area contributed by atoms with Crippen LogP contribution in [0.25, 0.3) is 11.8 Å². The second-order valence-electron chi connectivity index (χ2n) is 5.30. The van der Waals surface area contributed by atoms with Gasteiger partial charge in [0.2, 0.25) is 0 Å². The zero-order chi connectivity index (χ0) is 17.6. The number of rotatable bonds is 6. The predicted molar refractivity (Wildman–Crippen MR) is 94.6 cm³/mol. The van der Waals surface area contributed by atoms with Gasteiger partial charge in [0.25, 0.3) is 0 Å². The molecule has 0 aliphatic rings. The Morgan fingerprint density at radius 2 is 1.96 bits per heavy atom. The first-order chi connectivity index (χ1) is 12.2. The average Bonchev–Trinajstić information content (AvgIpc) is 3.10. The highest BCUT2D eigenvalue weighted by molar-refractivity contribution is 5.94. The quantitative estimate of drug-likeness (QED) is 0.719. The number of aromatic nitrogens is 4. The van der Waals surface area contributed by atoms with Crippen LogP contribution in [0.3, 0.4) is 0 Å². The van der Waals surface area contributed by atoms with Crippen molar-refractivity contribution in [2.24, 2.45) is 0 Å². The van der Waals surface area contributed by atoms with Crippen LogP contribution in [0.5, 0.6) is 0 Å². The first-order valence-electron chi connectivity index (χ1n) is 7.82. The number of tetrazole rings is 1. The van der Waals surface area contributed by atoms with E-state index in [1.807, 2.05) is 24.3 Å². The van der Waals surface area contributed by atoms with Crippen molar-refractivity contribution in [1.82, 2.24) is 20.2 Å². The standard InChI is InChI=1S/C18H17N5O2/c1-2-13-7-9-14(10-8-13)23-17(20-21-22-23)11-12-19-16-6-4-3-5-15(16)18(24)25/h3-12,19H,2H2,1H3,(H,24,25)/b12-11+. The summed E-state index contributed by atoms with van der Waals surface area (Å²) in [5.41, 5.74) is 2.79. The van der Waals surface area contributed by atoms with Gasteiger partial charge < -0.3 is 10.4 Å². The molecule has 0 fully saturated rings. The number of aromatic carboxylic acids is 1. The van der Waals surface area contributed by atoms with Crippen LogP contribution in [0.15, 0.2) is 54.7 Å². The van der Waals surface area contributed by atoms with E-state index in [1.165, 1.54) is 11.6 Å². The van der Waals surface area contributed by atoms with Gasteiger partial charge in [0.05, 0.1) is 16.9 Å². The molecule has 25 heavy (non-hydrogen) atoms. The van der Waals surface area contributed by atoms with Gasteiger partial charge in [-0.2, -0.15) is 4.68 Å². The van der Waals surface area contributed by atoms with E-state index in [1.54, 1.807) is 35.2 Å². The Hall–Kier alpha value is -3.48. The highest BCUT2D eigenvalue weighted by Crippen LogP contribution is 2.15. The zero-order valence-corrected chi connectivity index (χ0v) is 13.6. The second-order valence-corrected chi connectivity index (χ2v) is 5.30. The van der Waals surface area contributed by atoms with Crippen molar-refractivity contribution in [2.45, 2.75) is 13.3 Å². The molecule has 0 radical (unpaired) electrons. The molecule has 0 aliphatic heterocycles. The van der Waals surface area contributed by atoms with E-state index in [-0.39, 0.29) is 5.56 Å². The van der Waals surface area contributed by atoms with E-state index in [9.17, 15) is 9.90 Å². The van der Waals surface area contributed by atoms with Gasteiger partial charge in [0, 0.05) is 12.3 Å². The number of carboxylic acids is 1. The molecule has 1 heterocycles. The van der Waals surface area contributed by atoms with Crippen LogP contribution < -0.4 is 5.32 Å². The second kappa shape index (κ2) is 7.39. The summed E-state index contributed by atoms with van der Waals surface area (Å²) >= 11 is 0. The van der Waals surface area contributed by atoms with Crippen LogP contribution in [0.4, 0.5) is 5.69 Å². The largest absolute Gasteiger partial charge is 0.478 e. The molecule has 0 unspecified atom stereocenters. The number of nitrogens with one attached hydrogen (secondary N) is 1. The molecule has 1 aromatic heterocycles. The summed E-state index contributed by atoms with van der Waals surface area (Å²) in [6, 6.07) is 14.7. The fraction of sp³-hybridized carbons (Fsp3) is 0.111. The molecular formula is C18H17N5O2. The van der Waals surface area contributed by atoms with Crippen molar-refractivity contribution in [3.05, 3.63) is 71.7 Å². The normalized spacial score (nSPS) is 10.9. The molecule has 7 heteroatoms. The topological polar surface area (TPSA) is 92.9 Å². The van der Waals surface area contributed by atoms with Crippen molar-refractivity contribution in [3.63, 3.8) is 0 Å². The van der Waals surface area contributed by atoms with Gasteiger partial charge in [-0.15, -0.1) is 5.10 Å². The lowest BCUT2D eigenvalue weighted by Gasteiger charge is -2.05. The first-order valence-corrected chi connectivity index (χ1v) is 7.82. The van der Waals surface area contributed by atoms with E-state index >= 15 is 0 Å². The van der Waals surface area contributed by atoms with Crippen molar-refractivity contribution in [2.75, 3.05) is 5.32 Å². The lowest BCUT2D eigenvalue weighted by atomic mass is 10.1. The van der Waals surface area contributed by atoms with E-state index in [2.05, 4.69) is 27.8 Å². The summed E-state index contributed by atoms with van der Waals surface area (Å²) in [4.78, 5) is 11.2. The minimum atomic E-state index is -0.989. The maximum atomic E-state index is 11.2. The summed E-state index contributed by atoms with van der Waals surface area (Å²) in [7, 11) is 0. The number of hydrogen-bond acceptors (Lipinski definition) is 5. The smallest absolute Gasteiger partial charge is 0.337 e. The van der Waals surface area contributed by atoms with Gasteiger partial charge in [-0.1, -0.05) is 31.2 Å². The average molecular weight is 335 g/mol. The number of aryl methyl sites for hydroxylation is 1. The van der Waals surface area contributed by atoms with Gasteiger partial charge in [0.1, 0.15) is 0 Å². The van der Waals surface area contributed by atoms with Crippen molar-refractivity contribution in [1.29, 1.82) is 0 Å². The molecule has 0 amide bonds. The van der Waals surface area contributed by atoms with E-state index in [4.69, 9.17) is 0 Å². The number of carboxylic acid groups (broad SMARTS) is 1. The molecule has 2 aromatic carbocycles. The van der Waals surface area contributed by atoms with Crippen LogP contribution in [0, 0.1) is 0 Å². The third-order valence-electron chi connectivity index (χ3n) is 3.71. The van der Waals surface area contributed by atoms with Crippen LogP contribution in [-0.4, -0.2) is 31.3 Å². The van der Waals surface area contributed by atoms with Crippen LogP contribution in [0.1, 0.15) is 28.7 Å². The molecule has 0 atom stereocenters. The fourth-order valence-electron chi connectivity index (χ4n) is 2.36. The number of nitrogens with zero attached hydrogens (tertiary/aromatic N) is 4. The number of benzene rings is 2. The SMILES string of the molecule is CCc1ccc(-n2nnnc2/C=C/Nc2ccccc2C(=O)O)cc1. The third kappa shape index (κ3) is 3.72. The Morgan fingerprint density at radius 3 is 2.68 bits per heavy atom. The molecule has 126 valence electrons. The Morgan fingerprint density at radius 1 is 1.20 bits per heavy atom. The zero-order valence-electron chi connectivity index (χ0n) is 13.6. The van der Waals surface area contributed by atoms with Crippen LogP contribution in [0.2, 0.25) is 0 Å². The molecule has 3 aromatic rings. The maximum absolute atomic E-state index is 11.2. The first kappa shape index (κ1) is 16.4. The van der Waals surface area contributed by atoms with Gasteiger partial charge in [0.15, 0.2) is 5.82 Å². The Balaban J connectivity index is 1.79. The summed E-state index contributed by atoms with van der Waals surface area (Å²) in [5.74, 6) is -0.457. The van der Waals surface area contributed by atoms with E-state index in [0.717, 1.165) is 12.1 Å². The molecule has 3 rings (SSSR count). The summed E-state index contributed by atoms with van der Waals surface area (Å²) in [6.45, 7) is 2.10. The molecule has 7 nitrogen and oxygen atoms in total. The monoisotopic (exact) mass is 335 g/mol. The van der Waals surface area contributed by atoms with Gasteiger partial charge >= 0.3 is 5.97 Å².